The molecule has 0 radical (unpaired) electrons. The summed E-state index contributed by atoms with van der Waals surface area (Å²) >= 11 is 0. The van der Waals surface area contributed by atoms with Crippen LogP contribution in [-0.2, 0) is 20.3 Å². The maximum absolute atomic E-state index is 13.4. The topological polar surface area (TPSA) is 35.5 Å². The molecule has 0 aliphatic carbocycles. The molecule has 15 heavy (non-hydrogen) atoms. The molecule has 3 nitrogen and oxygen atoms in total. The van der Waals surface area contributed by atoms with Gasteiger partial charge >= 0.3 is 0 Å². The standard InChI is InChI=1S/C10H11FO3S/c1-15(12)7-2-3-9(11)8(6-7)10-13-4-5-14-10/h2-3,6,10H,4-5H2,1H3. The lowest BCUT2D eigenvalue weighted by atomic mass is 10.2. The molecule has 0 amide bonds. The lowest BCUT2D eigenvalue weighted by Gasteiger charge is -2.11. The molecule has 1 saturated heterocycles. The van der Waals surface area contributed by atoms with E-state index in [2.05, 4.69) is 0 Å². The summed E-state index contributed by atoms with van der Waals surface area (Å²) in [7, 11) is -1.13. The zero-order chi connectivity index (χ0) is 10.8. The molecule has 2 rings (SSSR count). The molecular weight excluding hydrogens is 219 g/mol. The summed E-state index contributed by atoms with van der Waals surface area (Å²) in [5, 5.41) is 0. The highest BCUT2D eigenvalue weighted by Crippen LogP contribution is 2.27. The summed E-state index contributed by atoms with van der Waals surface area (Å²) in [4.78, 5) is 0.575. The third-order valence-electron chi connectivity index (χ3n) is 2.18. The van der Waals surface area contributed by atoms with Crippen molar-refractivity contribution in [2.45, 2.75) is 11.2 Å². The Labute approximate surface area is 89.7 Å². The Kier molecular flexibility index (Phi) is 3.14. The molecule has 0 aromatic heterocycles. The maximum atomic E-state index is 13.4. The molecule has 0 bridgehead atoms. The number of hydrogen-bond donors (Lipinski definition) is 0. The summed E-state index contributed by atoms with van der Waals surface area (Å²) < 4.78 is 35.0. The van der Waals surface area contributed by atoms with E-state index in [1.54, 1.807) is 6.26 Å². The molecule has 1 fully saturated rings. The van der Waals surface area contributed by atoms with Crippen LogP contribution < -0.4 is 0 Å². The van der Waals surface area contributed by atoms with Gasteiger partial charge in [0.15, 0.2) is 6.29 Å². The predicted octanol–water partition coefficient (Wildman–Crippen LogP) is 1.61. The van der Waals surface area contributed by atoms with E-state index in [9.17, 15) is 8.60 Å². The first-order valence-corrected chi connectivity index (χ1v) is 6.10. The molecule has 82 valence electrons. The Morgan fingerprint density at radius 3 is 2.67 bits per heavy atom. The number of hydrogen-bond acceptors (Lipinski definition) is 3. The summed E-state index contributed by atoms with van der Waals surface area (Å²) in [6.45, 7) is 0.924. The molecule has 5 heteroatoms. The van der Waals surface area contributed by atoms with Crippen LogP contribution in [0, 0.1) is 5.82 Å². The van der Waals surface area contributed by atoms with E-state index in [0.717, 1.165) is 0 Å². The maximum Gasteiger partial charge on any atom is 0.186 e. The molecule has 1 aliphatic heterocycles. The van der Waals surface area contributed by atoms with Gasteiger partial charge in [-0.15, -0.1) is 0 Å². The van der Waals surface area contributed by atoms with Gasteiger partial charge in [0.2, 0.25) is 0 Å². The SMILES string of the molecule is CS(=O)c1ccc(F)c(C2OCCO2)c1. The molecule has 1 aliphatic rings. The van der Waals surface area contributed by atoms with Crippen molar-refractivity contribution in [3.63, 3.8) is 0 Å². The summed E-state index contributed by atoms with van der Waals surface area (Å²) in [6, 6.07) is 4.32. The van der Waals surface area contributed by atoms with Gasteiger partial charge in [-0.25, -0.2) is 4.39 Å². The second kappa shape index (κ2) is 4.38. The number of halogens is 1. The molecule has 1 heterocycles. The second-order valence-electron chi connectivity index (χ2n) is 3.21. The predicted molar refractivity (Wildman–Crippen MR) is 53.4 cm³/mol. The number of rotatable bonds is 2. The molecule has 0 N–H and O–H groups in total. The Balaban J connectivity index is 2.35. The summed E-state index contributed by atoms with van der Waals surface area (Å²) in [5.41, 5.74) is 0.320. The molecular formula is C10H11FO3S. The fraction of sp³-hybridized carbons (Fsp3) is 0.400. The van der Waals surface area contributed by atoms with Gasteiger partial charge in [0, 0.05) is 27.5 Å². The van der Waals surface area contributed by atoms with E-state index >= 15 is 0 Å². The van der Waals surface area contributed by atoms with Crippen molar-refractivity contribution in [2.24, 2.45) is 0 Å². The van der Waals surface area contributed by atoms with Gasteiger partial charge in [0.1, 0.15) is 5.82 Å². The first-order chi connectivity index (χ1) is 7.18. The smallest absolute Gasteiger partial charge is 0.186 e. The minimum absolute atomic E-state index is 0.320. The summed E-state index contributed by atoms with van der Waals surface area (Å²) in [6.07, 6.45) is 0.890. The largest absolute Gasteiger partial charge is 0.346 e. The lowest BCUT2D eigenvalue weighted by molar-refractivity contribution is -0.0466. The van der Waals surface area contributed by atoms with Gasteiger partial charge in [-0.3, -0.25) is 4.21 Å². The van der Waals surface area contributed by atoms with E-state index in [4.69, 9.17) is 9.47 Å². The zero-order valence-corrected chi connectivity index (χ0v) is 9.05. The highest BCUT2D eigenvalue weighted by Gasteiger charge is 2.22. The van der Waals surface area contributed by atoms with Crippen LogP contribution in [0.3, 0.4) is 0 Å². The first kappa shape index (κ1) is 10.7. The second-order valence-corrected chi connectivity index (χ2v) is 4.59. The average molecular weight is 230 g/mol. The normalized spacial score (nSPS) is 19.3. The van der Waals surface area contributed by atoms with Crippen molar-refractivity contribution < 1.29 is 18.1 Å². The van der Waals surface area contributed by atoms with Crippen molar-refractivity contribution >= 4 is 10.8 Å². The summed E-state index contributed by atoms with van der Waals surface area (Å²) in [5.74, 6) is -0.393. The van der Waals surface area contributed by atoms with Gasteiger partial charge in [-0.2, -0.15) is 0 Å². The molecule has 1 aromatic carbocycles. The van der Waals surface area contributed by atoms with Crippen LogP contribution in [0.1, 0.15) is 11.9 Å². The average Bonchev–Trinajstić information content (AvgIpc) is 2.71. The molecule has 1 aromatic rings. The first-order valence-electron chi connectivity index (χ1n) is 4.54. The lowest BCUT2D eigenvalue weighted by Crippen LogP contribution is -2.03. The van der Waals surface area contributed by atoms with Crippen molar-refractivity contribution in [1.82, 2.24) is 0 Å². The third kappa shape index (κ3) is 2.25. The molecule has 0 saturated carbocycles. The minimum atomic E-state index is -1.13. The van der Waals surface area contributed by atoms with Crippen LogP contribution >= 0.6 is 0 Å². The minimum Gasteiger partial charge on any atom is -0.346 e. The molecule has 1 atom stereocenters. The van der Waals surface area contributed by atoms with Crippen LogP contribution in [0.25, 0.3) is 0 Å². The van der Waals surface area contributed by atoms with Crippen LogP contribution in [0.2, 0.25) is 0 Å². The van der Waals surface area contributed by atoms with Crippen LogP contribution in [0.15, 0.2) is 23.1 Å². The Morgan fingerprint density at radius 1 is 1.40 bits per heavy atom. The van der Waals surface area contributed by atoms with Gasteiger partial charge in [-0.1, -0.05) is 0 Å². The van der Waals surface area contributed by atoms with Crippen LogP contribution in [0.5, 0.6) is 0 Å². The quantitative estimate of drug-likeness (QED) is 0.774. The van der Waals surface area contributed by atoms with Crippen molar-refractivity contribution in [2.75, 3.05) is 19.5 Å². The highest BCUT2D eigenvalue weighted by atomic mass is 32.2. The van der Waals surface area contributed by atoms with Crippen LogP contribution in [-0.4, -0.2) is 23.7 Å². The van der Waals surface area contributed by atoms with Crippen molar-refractivity contribution in [3.05, 3.63) is 29.6 Å². The van der Waals surface area contributed by atoms with Crippen LogP contribution in [0.4, 0.5) is 4.39 Å². The molecule has 0 spiro atoms. The number of benzene rings is 1. The van der Waals surface area contributed by atoms with E-state index < -0.39 is 22.9 Å². The fourth-order valence-corrected chi connectivity index (χ4v) is 1.97. The molecule has 1 unspecified atom stereocenters. The Bertz CT molecular complexity index is 388. The Hall–Kier alpha value is -0.780. The van der Waals surface area contributed by atoms with Crippen molar-refractivity contribution in [3.8, 4) is 0 Å². The van der Waals surface area contributed by atoms with E-state index in [0.29, 0.717) is 23.7 Å². The Morgan fingerprint density at radius 2 is 2.07 bits per heavy atom. The van der Waals surface area contributed by atoms with Gasteiger partial charge in [0.05, 0.1) is 13.2 Å². The van der Waals surface area contributed by atoms with Gasteiger partial charge < -0.3 is 9.47 Å². The fourth-order valence-electron chi connectivity index (χ4n) is 1.42. The van der Waals surface area contributed by atoms with Gasteiger partial charge in [0.25, 0.3) is 0 Å². The monoisotopic (exact) mass is 230 g/mol. The van der Waals surface area contributed by atoms with E-state index in [-0.39, 0.29) is 0 Å². The van der Waals surface area contributed by atoms with Gasteiger partial charge in [-0.05, 0) is 18.2 Å². The van der Waals surface area contributed by atoms with E-state index in [1.165, 1.54) is 18.2 Å². The van der Waals surface area contributed by atoms with E-state index in [1.807, 2.05) is 0 Å². The number of ether oxygens (including phenoxy) is 2. The zero-order valence-electron chi connectivity index (χ0n) is 8.23. The van der Waals surface area contributed by atoms with Crippen molar-refractivity contribution in [1.29, 1.82) is 0 Å². The third-order valence-corrected chi connectivity index (χ3v) is 3.09. The highest BCUT2D eigenvalue weighted by molar-refractivity contribution is 7.84.